The van der Waals surface area contributed by atoms with E-state index in [1.54, 1.807) is 0 Å². The zero-order chi connectivity index (χ0) is 8.27. The van der Waals surface area contributed by atoms with Crippen molar-refractivity contribution in [3.05, 3.63) is 0 Å². The van der Waals surface area contributed by atoms with Crippen molar-refractivity contribution in [3.63, 3.8) is 0 Å². The SMILES string of the molecule is CC(N)CSc1n[nH]c(N)n1. The lowest BCUT2D eigenvalue weighted by molar-refractivity contribution is 0.842. The topological polar surface area (TPSA) is 93.6 Å². The third-order valence-electron chi connectivity index (χ3n) is 0.958. The highest BCUT2D eigenvalue weighted by molar-refractivity contribution is 7.99. The fourth-order valence-corrected chi connectivity index (χ4v) is 1.21. The minimum absolute atomic E-state index is 0.153. The van der Waals surface area contributed by atoms with Gasteiger partial charge in [-0.1, -0.05) is 11.8 Å². The summed E-state index contributed by atoms with van der Waals surface area (Å²) in [5.74, 6) is 1.15. The normalized spacial score (nSPS) is 13.3. The Bertz CT molecular complexity index is 220. The Morgan fingerprint density at radius 2 is 2.45 bits per heavy atom. The van der Waals surface area contributed by atoms with Crippen LogP contribution >= 0.6 is 11.8 Å². The van der Waals surface area contributed by atoms with Gasteiger partial charge < -0.3 is 11.5 Å². The number of aromatic nitrogens is 3. The second-order valence-electron chi connectivity index (χ2n) is 2.29. The summed E-state index contributed by atoms with van der Waals surface area (Å²) in [5, 5.41) is 7.03. The van der Waals surface area contributed by atoms with E-state index in [0.29, 0.717) is 11.1 Å². The van der Waals surface area contributed by atoms with Crippen LogP contribution in [-0.2, 0) is 0 Å². The molecular weight excluding hydrogens is 162 g/mol. The summed E-state index contributed by atoms with van der Waals surface area (Å²) < 4.78 is 0. The van der Waals surface area contributed by atoms with Crippen LogP contribution in [0.4, 0.5) is 5.95 Å². The molecule has 0 spiro atoms. The molecule has 0 saturated heterocycles. The molecule has 0 saturated carbocycles. The summed E-state index contributed by atoms with van der Waals surface area (Å²) in [6, 6.07) is 0.153. The van der Waals surface area contributed by atoms with Gasteiger partial charge in [0.25, 0.3) is 0 Å². The van der Waals surface area contributed by atoms with E-state index < -0.39 is 0 Å². The van der Waals surface area contributed by atoms with Crippen LogP contribution in [0.25, 0.3) is 0 Å². The van der Waals surface area contributed by atoms with Gasteiger partial charge in [0.05, 0.1) is 0 Å². The molecular formula is C5H11N5S. The van der Waals surface area contributed by atoms with E-state index in [9.17, 15) is 0 Å². The number of hydrogen-bond acceptors (Lipinski definition) is 5. The molecule has 0 fully saturated rings. The summed E-state index contributed by atoms with van der Waals surface area (Å²) in [7, 11) is 0. The first-order valence-electron chi connectivity index (χ1n) is 3.24. The number of anilines is 1. The van der Waals surface area contributed by atoms with Crippen LogP contribution in [0.1, 0.15) is 6.92 Å². The van der Waals surface area contributed by atoms with Crippen LogP contribution in [0.3, 0.4) is 0 Å². The summed E-state index contributed by atoms with van der Waals surface area (Å²) in [4.78, 5) is 3.90. The maximum absolute atomic E-state index is 5.53. The Hall–Kier alpha value is -0.750. The van der Waals surface area contributed by atoms with E-state index >= 15 is 0 Å². The Morgan fingerprint density at radius 1 is 1.73 bits per heavy atom. The number of nitrogens with two attached hydrogens (primary N) is 2. The van der Waals surface area contributed by atoms with Gasteiger partial charge in [-0.05, 0) is 6.92 Å². The fraction of sp³-hybridized carbons (Fsp3) is 0.600. The lowest BCUT2D eigenvalue weighted by Crippen LogP contribution is -2.17. The van der Waals surface area contributed by atoms with Gasteiger partial charge in [0.15, 0.2) is 0 Å². The summed E-state index contributed by atoms with van der Waals surface area (Å²) in [6.07, 6.45) is 0. The average Bonchev–Trinajstić information content (AvgIpc) is 2.31. The van der Waals surface area contributed by atoms with Crippen LogP contribution in [-0.4, -0.2) is 27.0 Å². The number of rotatable bonds is 3. The van der Waals surface area contributed by atoms with E-state index in [2.05, 4.69) is 15.2 Å². The summed E-state index contributed by atoms with van der Waals surface area (Å²) in [5.41, 5.74) is 10.8. The van der Waals surface area contributed by atoms with Crippen LogP contribution < -0.4 is 11.5 Å². The van der Waals surface area contributed by atoms with E-state index in [1.165, 1.54) is 11.8 Å². The predicted octanol–water partition coefficient (Wildman–Crippen LogP) is -0.174. The van der Waals surface area contributed by atoms with E-state index in [1.807, 2.05) is 6.92 Å². The minimum Gasteiger partial charge on any atom is -0.368 e. The maximum Gasteiger partial charge on any atom is 0.216 e. The van der Waals surface area contributed by atoms with Gasteiger partial charge in [-0.2, -0.15) is 4.98 Å². The molecule has 1 aromatic heterocycles. The quantitative estimate of drug-likeness (QED) is 0.551. The lowest BCUT2D eigenvalue weighted by atomic mass is 10.4. The van der Waals surface area contributed by atoms with Crippen molar-refractivity contribution in [1.29, 1.82) is 0 Å². The fourth-order valence-electron chi connectivity index (χ4n) is 0.529. The molecule has 1 aromatic rings. The van der Waals surface area contributed by atoms with Gasteiger partial charge in [0.2, 0.25) is 11.1 Å². The number of aromatic amines is 1. The highest BCUT2D eigenvalue weighted by atomic mass is 32.2. The van der Waals surface area contributed by atoms with Crippen molar-refractivity contribution >= 4 is 17.7 Å². The molecule has 0 aliphatic rings. The van der Waals surface area contributed by atoms with Gasteiger partial charge in [-0.3, -0.25) is 0 Å². The van der Waals surface area contributed by atoms with Crippen LogP contribution in [0.15, 0.2) is 5.16 Å². The minimum atomic E-state index is 0.153. The molecule has 0 bridgehead atoms. The Morgan fingerprint density at radius 3 is 2.91 bits per heavy atom. The highest BCUT2D eigenvalue weighted by Gasteiger charge is 2.01. The first-order chi connectivity index (χ1) is 5.18. The number of nitrogen functional groups attached to an aromatic ring is 1. The third kappa shape index (κ3) is 2.77. The van der Waals surface area contributed by atoms with Gasteiger partial charge in [-0.15, -0.1) is 5.10 Å². The number of nitrogens with one attached hydrogen (secondary N) is 1. The highest BCUT2D eigenvalue weighted by Crippen LogP contribution is 2.12. The summed E-state index contributed by atoms with van der Waals surface area (Å²) in [6.45, 7) is 1.93. The smallest absolute Gasteiger partial charge is 0.216 e. The van der Waals surface area contributed by atoms with Gasteiger partial charge in [-0.25, -0.2) is 5.10 Å². The lowest BCUT2D eigenvalue weighted by Gasteiger charge is -1.99. The van der Waals surface area contributed by atoms with E-state index in [0.717, 1.165) is 5.75 Å². The van der Waals surface area contributed by atoms with Crippen molar-refractivity contribution in [3.8, 4) is 0 Å². The summed E-state index contributed by atoms with van der Waals surface area (Å²) >= 11 is 1.49. The first kappa shape index (κ1) is 8.35. The second kappa shape index (κ2) is 3.59. The van der Waals surface area contributed by atoms with Crippen molar-refractivity contribution in [2.45, 2.75) is 18.1 Å². The predicted molar refractivity (Wildman–Crippen MR) is 45.2 cm³/mol. The van der Waals surface area contributed by atoms with Crippen molar-refractivity contribution < 1.29 is 0 Å². The Balaban J connectivity index is 2.39. The van der Waals surface area contributed by atoms with Gasteiger partial charge in [0.1, 0.15) is 0 Å². The van der Waals surface area contributed by atoms with Crippen LogP contribution in [0.2, 0.25) is 0 Å². The molecule has 0 aliphatic carbocycles. The molecule has 1 rings (SSSR count). The molecule has 5 N–H and O–H groups in total. The molecule has 0 aliphatic heterocycles. The molecule has 1 atom stereocenters. The molecule has 0 radical (unpaired) electrons. The molecule has 1 heterocycles. The maximum atomic E-state index is 5.53. The first-order valence-corrected chi connectivity index (χ1v) is 4.23. The number of hydrogen-bond donors (Lipinski definition) is 3. The van der Waals surface area contributed by atoms with E-state index in [4.69, 9.17) is 11.5 Å². The van der Waals surface area contributed by atoms with Gasteiger partial charge >= 0.3 is 0 Å². The molecule has 5 nitrogen and oxygen atoms in total. The molecule has 0 amide bonds. The third-order valence-corrected chi connectivity index (χ3v) is 2.09. The largest absolute Gasteiger partial charge is 0.368 e. The van der Waals surface area contributed by atoms with E-state index in [-0.39, 0.29) is 6.04 Å². The molecule has 6 heteroatoms. The number of thioether (sulfide) groups is 1. The molecule has 1 unspecified atom stereocenters. The molecule has 62 valence electrons. The van der Waals surface area contributed by atoms with Crippen LogP contribution in [0.5, 0.6) is 0 Å². The second-order valence-corrected chi connectivity index (χ2v) is 3.28. The van der Waals surface area contributed by atoms with Crippen molar-refractivity contribution in [2.24, 2.45) is 5.73 Å². The number of H-pyrrole nitrogens is 1. The van der Waals surface area contributed by atoms with Crippen molar-refractivity contribution in [1.82, 2.24) is 15.2 Å². The Kier molecular flexibility index (Phi) is 2.72. The van der Waals surface area contributed by atoms with Gasteiger partial charge in [0, 0.05) is 11.8 Å². The van der Waals surface area contributed by atoms with Crippen LogP contribution in [0, 0.1) is 0 Å². The van der Waals surface area contributed by atoms with Crippen molar-refractivity contribution in [2.75, 3.05) is 11.5 Å². The zero-order valence-corrected chi connectivity index (χ0v) is 7.06. The number of nitrogens with zero attached hydrogens (tertiary/aromatic N) is 2. The standard InChI is InChI=1S/C5H11N5S/c1-3(6)2-11-5-8-4(7)9-10-5/h3H,2,6H2,1H3,(H3,7,8,9,10). The average molecular weight is 173 g/mol. The zero-order valence-electron chi connectivity index (χ0n) is 6.24. The molecule has 0 aromatic carbocycles. The Labute approximate surface area is 68.9 Å². The molecule has 11 heavy (non-hydrogen) atoms. The monoisotopic (exact) mass is 173 g/mol.